The maximum absolute atomic E-state index is 13.2. The van der Waals surface area contributed by atoms with Crippen molar-refractivity contribution in [3.63, 3.8) is 0 Å². The van der Waals surface area contributed by atoms with Gasteiger partial charge in [0.25, 0.3) is 0 Å². The van der Waals surface area contributed by atoms with Crippen LogP contribution in [-0.2, 0) is 17.8 Å². The Balaban J connectivity index is 1.49. The van der Waals surface area contributed by atoms with Gasteiger partial charge in [0.2, 0.25) is 5.91 Å². The highest BCUT2D eigenvalue weighted by Crippen LogP contribution is 2.33. The number of aryl methyl sites for hydroxylation is 1. The van der Waals surface area contributed by atoms with Gasteiger partial charge in [0, 0.05) is 48.7 Å². The smallest absolute Gasteiger partial charge is 0.245 e. The lowest BCUT2D eigenvalue weighted by Crippen LogP contribution is -2.39. The molecule has 0 fully saturated rings. The number of aromatic amines is 1. The second-order valence-corrected chi connectivity index (χ2v) is 7.62. The van der Waals surface area contributed by atoms with Gasteiger partial charge in [-0.3, -0.25) is 9.89 Å². The van der Waals surface area contributed by atoms with Crippen molar-refractivity contribution in [3.05, 3.63) is 71.9 Å². The van der Waals surface area contributed by atoms with E-state index in [2.05, 4.69) is 51.6 Å². The zero-order valence-electron chi connectivity index (χ0n) is 16.6. The van der Waals surface area contributed by atoms with E-state index in [9.17, 15) is 4.79 Å². The van der Waals surface area contributed by atoms with Crippen LogP contribution in [0.15, 0.2) is 54.9 Å². The fraction of sp³-hybridized carbons (Fsp3) is 0.261. The molecular formula is C23H23N5O. The van der Waals surface area contributed by atoms with Crippen molar-refractivity contribution in [1.29, 1.82) is 0 Å². The molecule has 146 valence electrons. The number of hydrogen-bond donors (Lipinski definition) is 1. The highest BCUT2D eigenvalue weighted by molar-refractivity contribution is 5.96. The van der Waals surface area contributed by atoms with Gasteiger partial charge in [-0.15, -0.1) is 0 Å². The van der Waals surface area contributed by atoms with Gasteiger partial charge >= 0.3 is 0 Å². The summed E-state index contributed by atoms with van der Waals surface area (Å²) in [6, 6.07) is 14.4. The van der Waals surface area contributed by atoms with Crippen molar-refractivity contribution >= 4 is 16.7 Å². The Morgan fingerprint density at radius 3 is 2.83 bits per heavy atom. The molecule has 0 spiro atoms. The highest BCUT2D eigenvalue weighted by Gasteiger charge is 2.29. The number of carbonyl (C=O) groups is 1. The van der Waals surface area contributed by atoms with Crippen LogP contribution >= 0.6 is 0 Å². The van der Waals surface area contributed by atoms with E-state index >= 15 is 0 Å². The van der Waals surface area contributed by atoms with E-state index in [0.717, 1.165) is 34.8 Å². The zero-order chi connectivity index (χ0) is 20.0. The molecule has 2 aromatic heterocycles. The van der Waals surface area contributed by atoms with Gasteiger partial charge in [-0.05, 0) is 24.6 Å². The number of imidazole rings is 1. The number of H-pyrrole nitrogens is 1. The average Bonchev–Trinajstić information content (AvgIpc) is 3.38. The summed E-state index contributed by atoms with van der Waals surface area (Å²) in [7, 11) is 0. The number of rotatable bonds is 3. The SMILES string of the molecule is Cc1nccn1[C@H](C)C(=O)N1CCc2[nH]nc(-c3cccc4ccccc34)c2C1. The largest absolute Gasteiger partial charge is 0.336 e. The summed E-state index contributed by atoms with van der Waals surface area (Å²) in [4.78, 5) is 19.4. The third-order valence-electron chi connectivity index (χ3n) is 5.93. The predicted octanol–water partition coefficient (Wildman–Crippen LogP) is 3.88. The Morgan fingerprint density at radius 2 is 2.00 bits per heavy atom. The van der Waals surface area contributed by atoms with E-state index in [4.69, 9.17) is 0 Å². The standard InChI is InChI=1S/C23H23N5O/c1-15(28-13-11-24-16(28)2)23(29)27-12-10-21-20(14-27)22(26-25-21)19-9-5-7-17-6-3-4-8-18(17)19/h3-9,11,13,15H,10,12,14H2,1-2H3,(H,25,26)/t15-/m1/s1. The average molecular weight is 385 g/mol. The monoisotopic (exact) mass is 385 g/mol. The molecule has 1 atom stereocenters. The van der Waals surface area contributed by atoms with Crippen molar-refractivity contribution < 1.29 is 4.79 Å². The normalized spacial score (nSPS) is 14.8. The molecule has 2 aromatic carbocycles. The van der Waals surface area contributed by atoms with E-state index in [-0.39, 0.29) is 11.9 Å². The topological polar surface area (TPSA) is 66.8 Å². The second-order valence-electron chi connectivity index (χ2n) is 7.62. The van der Waals surface area contributed by atoms with Crippen LogP contribution in [0.4, 0.5) is 0 Å². The van der Waals surface area contributed by atoms with Crippen molar-refractivity contribution in [1.82, 2.24) is 24.6 Å². The number of nitrogens with one attached hydrogen (secondary N) is 1. The number of hydrogen-bond acceptors (Lipinski definition) is 3. The summed E-state index contributed by atoms with van der Waals surface area (Å²) in [6.07, 6.45) is 4.39. The minimum Gasteiger partial charge on any atom is -0.336 e. The molecule has 1 N–H and O–H groups in total. The van der Waals surface area contributed by atoms with Crippen LogP contribution in [0.25, 0.3) is 22.0 Å². The van der Waals surface area contributed by atoms with Crippen LogP contribution in [0.2, 0.25) is 0 Å². The number of amides is 1. The Hall–Kier alpha value is -3.41. The third kappa shape index (κ3) is 2.92. The molecule has 0 saturated heterocycles. The van der Waals surface area contributed by atoms with Crippen LogP contribution in [0, 0.1) is 6.92 Å². The first kappa shape index (κ1) is 17.7. The van der Waals surface area contributed by atoms with Crippen molar-refractivity contribution in [3.8, 4) is 11.3 Å². The molecule has 0 unspecified atom stereocenters. The quantitative estimate of drug-likeness (QED) is 0.582. The Labute approximate surface area is 169 Å². The first-order valence-corrected chi connectivity index (χ1v) is 9.96. The summed E-state index contributed by atoms with van der Waals surface area (Å²) >= 11 is 0. The molecule has 1 aliphatic rings. The first-order chi connectivity index (χ1) is 14.1. The van der Waals surface area contributed by atoms with Crippen molar-refractivity contribution in [2.45, 2.75) is 32.9 Å². The van der Waals surface area contributed by atoms with E-state index in [0.29, 0.717) is 13.1 Å². The molecule has 29 heavy (non-hydrogen) atoms. The van der Waals surface area contributed by atoms with Gasteiger partial charge in [-0.2, -0.15) is 5.10 Å². The lowest BCUT2D eigenvalue weighted by molar-refractivity contribution is -0.135. The molecule has 1 amide bonds. The molecule has 0 saturated carbocycles. The number of benzene rings is 2. The highest BCUT2D eigenvalue weighted by atomic mass is 16.2. The summed E-state index contributed by atoms with van der Waals surface area (Å²) in [5, 5.41) is 10.2. The molecule has 0 radical (unpaired) electrons. The van der Waals surface area contributed by atoms with Gasteiger partial charge in [0.1, 0.15) is 11.9 Å². The fourth-order valence-electron chi connectivity index (χ4n) is 4.32. The molecule has 1 aliphatic heterocycles. The molecular weight excluding hydrogens is 362 g/mol. The molecule has 0 aliphatic carbocycles. The van der Waals surface area contributed by atoms with E-state index in [1.165, 1.54) is 10.8 Å². The van der Waals surface area contributed by atoms with E-state index in [1.807, 2.05) is 35.6 Å². The first-order valence-electron chi connectivity index (χ1n) is 9.96. The van der Waals surface area contributed by atoms with Gasteiger partial charge in [-0.25, -0.2) is 4.98 Å². The maximum atomic E-state index is 13.2. The molecule has 0 bridgehead atoms. The lowest BCUT2D eigenvalue weighted by atomic mass is 9.96. The molecule has 5 rings (SSSR count). The Bertz CT molecular complexity index is 1200. The number of nitrogens with zero attached hydrogens (tertiary/aromatic N) is 4. The Morgan fingerprint density at radius 1 is 1.17 bits per heavy atom. The predicted molar refractivity (Wildman–Crippen MR) is 112 cm³/mol. The summed E-state index contributed by atoms with van der Waals surface area (Å²) in [5.41, 5.74) is 4.30. The minimum atomic E-state index is -0.271. The van der Waals surface area contributed by atoms with Crippen molar-refractivity contribution in [2.75, 3.05) is 6.54 Å². The van der Waals surface area contributed by atoms with Crippen LogP contribution in [-0.4, -0.2) is 37.1 Å². The second kappa shape index (κ2) is 6.88. The minimum absolute atomic E-state index is 0.113. The van der Waals surface area contributed by atoms with Crippen LogP contribution in [0.3, 0.4) is 0 Å². The summed E-state index contributed by atoms with van der Waals surface area (Å²) < 4.78 is 1.93. The third-order valence-corrected chi connectivity index (χ3v) is 5.93. The van der Waals surface area contributed by atoms with Gasteiger partial charge in [-0.1, -0.05) is 42.5 Å². The number of fused-ring (bicyclic) bond motifs is 2. The number of aromatic nitrogens is 4. The van der Waals surface area contributed by atoms with Gasteiger partial charge in [0.05, 0.1) is 5.69 Å². The molecule has 3 heterocycles. The van der Waals surface area contributed by atoms with Crippen LogP contribution < -0.4 is 0 Å². The van der Waals surface area contributed by atoms with Crippen LogP contribution in [0.5, 0.6) is 0 Å². The van der Waals surface area contributed by atoms with Gasteiger partial charge < -0.3 is 9.47 Å². The zero-order valence-corrected chi connectivity index (χ0v) is 16.6. The van der Waals surface area contributed by atoms with E-state index in [1.54, 1.807) is 6.20 Å². The maximum Gasteiger partial charge on any atom is 0.245 e. The lowest BCUT2D eigenvalue weighted by Gasteiger charge is -2.30. The summed E-state index contributed by atoms with van der Waals surface area (Å²) in [6.45, 7) is 5.13. The van der Waals surface area contributed by atoms with Crippen LogP contribution in [0.1, 0.15) is 30.0 Å². The summed E-state index contributed by atoms with van der Waals surface area (Å²) in [5.74, 6) is 0.963. The number of carbonyl (C=O) groups excluding carboxylic acids is 1. The Kier molecular flexibility index (Phi) is 4.19. The molecule has 6 nitrogen and oxygen atoms in total. The molecule has 4 aromatic rings. The fourth-order valence-corrected chi connectivity index (χ4v) is 4.32. The van der Waals surface area contributed by atoms with E-state index < -0.39 is 0 Å². The van der Waals surface area contributed by atoms with Gasteiger partial charge in [0.15, 0.2) is 0 Å². The van der Waals surface area contributed by atoms with Crippen molar-refractivity contribution in [2.24, 2.45) is 0 Å². The molecule has 6 heteroatoms.